The summed E-state index contributed by atoms with van der Waals surface area (Å²) in [6, 6.07) is 3.93. The summed E-state index contributed by atoms with van der Waals surface area (Å²) in [6.07, 6.45) is 5.12. The fourth-order valence-corrected chi connectivity index (χ4v) is 2.70. The van der Waals surface area contributed by atoms with E-state index in [1.807, 2.05) is 12.1 Å². The van der Waals surface area contributed by atoms with Crippen LogP contribution in [0.2, 0.25) is 0 Å². The summed E-state index contributed by atoms with van der Waals surface area (Å²) in [5.74, 6) is 1.90. The summed E-state index contributed by atoms with van der Waals surface area (Å²) < 4.78 is 0.997. The van der Waals surface area contributed by atoms with Crippen molar-refractivity contribution in [3.63, 3.8) is 0 Å². The molecule has 4 heteroatoms. The second-order valence-corrected chi connectivity index (χ2v) is 5.49. The highest BCUT2D eigenvalue weighted by atomic mass is 79.9. The van der Waals surface area contributed by atoms with Gasteiger partial charge in [0.25, 0.3) is 0 Å². The van der Waals surface area contributed by atoms with Gasteiger partial charge >= 0.3 is 0 Å². The van der Waals surface area contributed by atoms with Gasteiger partial charge in [-0.1, -0.05) is 35.2 Å². The standard InChI is InChI=1S/C12H14BrN3/c13-8-5-9(14)12-10(6-8)15-11(16-12)4-7-2-1-3-7/h5-7H,1-4,14H2,(H,15,16). The number of aromatic nitrogens is 2. The van der Waals surface area contributed by atoms with E-state index in [1.54, 1.807) is 0 Å². The molecule has 0 aliphatic heterocycles. The molecule has 3 N–H and O–H groups in total. The van der Waals surface area contributed by atoms with Crippen LogP contribution in [0.25, 0.3) is 11.0 Å². The summed E-state index contributed by atoms with van der Waals surface area (Å²) in [5, 5.41) is 0. The first-order valence-corrected chi connectivity index (χ1v) is 6.45. The van der Waals surface area contributed by atoms with Crippen molar-refractivity contribution in [3.05, 3.63) is 22.4 Å². The molecular weight excluding hydrogens is 266 g/mol. The summed E-state index contributed by atoms with van der Waals surface area (Å²) >= 11 is 3.44. The van der Waals surface area contributed by atoms with Gasteiger partial charge in [-0.05, 0) is 18.1 Å². The molecule has 0 bridgehead atoms. The molecule has 16 heavy (non-hydrogen) atoms. The first kappa shape index (κ1) is 10.1. The number of halogens is 1. The van der Waals surface area contributed by atoms with Gasteiger partial charge in [0.1, 0.15) is 11.3 Å². The highest BCUT2D eigenvalue weighted by molar-refractivity contribution is 9.10. The number of aromatic amines is 1. The van der Waals surface area contributed by atoms with Gasteiger partial charge < -0.3 is 10.7 Å². The first-order valence-electron chi connectivity index (χ1n) is 5.66. The number of imidazole rings is 1. The molecular formula is C12H14BrN3. The van der Waals surface area contributed by atoms with E-state index < -0.39 is 0 Å². The zero-order valence-electron chi connectivity index (χ0n) is 8.96. The van der Waals surface area contributed by atoms with Gasteiger partial charge in [0.05, 0.1) is 11.2 Å². The van der Waals surface area contributed by atoms with Gasteiger partial charge in [-0.25, -0.2) is 4.98 Å². The third-order valence-corrected chi connectivity index (χ3v) is 3.79. The Kier molecular flexibility index (Phi) is 2.39. The van der Waals surface area contributed by atoms with Crippen LogP contribution in [-0.2, 0) is 6.42 Å². The minimum atomic E-state index is 0.737. The Bertz CT molecular complexity index is 528. The zero-order chi connectivity index (χ0) is 11.1. The average Bonchev–Trinajstić information content (AvgIpc) is 2.54. The van der Waals surface area contributed by atoms with Gasteiger partial charge in [-0.3, -0.25) is 0 Å². The molecule has 84 valence electrons. The van der Waals surface area contributed by atoms with Crippen molar-refractivity contribution in [2.75, 3.05) is 5.73 Å². The molecule has 0 saturated heterocycles. The van der Waals surface area contributed by atoms with Crippen molar-refractivity contribution in [3.8, 4) is 0 Å². The predicted octanol–water partition coefficient (Wildman–Crippen LogP) is 3.25. The molecule has 0 unspecified atom stereocenters. The number of nitrogen functional groups attached to an aromatic ring is 1. The van der Waals surface area contributed by atoms with Crippen molar-refractivity contribution in [2.45, 2.75) is 25.7 Å². The molecule has 3 rings (SSSR count). The van der Waals surface area contributed by atoms with E-state index in [0.29, 0.717) is 0 Å². The van der Waals surface area contributed by atoms with Crippen molar-refractivity contribution < 1.29 is 0 Å². The second kappa shape index (κ2) is 3.77. The number of H-pyrrole nitrogens is 1. The zero-order valence-corrected chi connectivity index (χ0v) is 10.5. The Balaban J connectivity index is 1.98. The van der Waals surface area contributed by atoms with E-state index in [0.717, 1.165) is 39.4 Å². The topological polar surface area (TPSA) is 54.7 Å². The van der Waals surface area contributed by atoms with E-state index in [1.165, 1.54) is 19.3 Å². The lowest BCUT2D eigenvalue weighted by Gasteiger charge is -2.23. The largest absolute Gasteiger partial charge is 0.397 e. The number of hydrogen-bond acceptors (Lipinski definition) is 2. The van der Waals surface area contributed by atoms with Gasteiger partial charge in [-0.15, -0.1) is 0 Å². The van der Waals surface area contributed by atoms with Gasteiger partial charge in [0, 0.05) is 10.9 Å². The third kappa shape index (κ3) is 1.71. The Morgan fingerprint density at radius 2 is 2.25 bits per heavy atom. The smallest absolute Gasteiger partial charge is 0.112 e. The molecule has 0 spiro atoms. The van der Waals surface area contributed by atoms with Gasteiger partial charge in [0.15, 0.2) is 0 Å². The fourth-order valence-electron chi connectivity index (χ4n) is 2.23. The molecule has 1 fully saturated rings. The molecule has 1 aliphatic carbocycles. The minimum Gasteiger partial charge on any atom is -0.397 e. The number of nitrogens with two attached hydrogens (primary N) is 1. The molecule has 1 aromatic carbocycles. The fraction of sp³-hybridized carbons (Fsp3) is 0.417. The molecule has 3 nitrogen and oxygen atoms in total. The first-order chi connectivity index (χ1) is 7.72. The predicted molar refractivity (Wildman–Crippen MR) is 69.3 cm³/mol. The molecule has 1 aliphatic rings. The van der Waals surface area contributed by atoms with Crippen LogP contribution in [0.4, 0.5) is 5.69 Å². The van der Waals surface area contributed by atoms with Crippen molar-refractivity contribution >= 4 is 32.7 Å². The minimum absolute atomic E-state index is 0.737. The maximum Gasteiger partial charge on any atom is 0.112 e. The lowest BCUT2D eigenvalue weighted by atomic mass is 9.83. The van der Waals surface area contributed by atoms with Crippen molar-refractivity contribution in [1.29, 1.82) is 0 Å². The van der Waals surface area contributed by atoms with E-state index in [9.17, 15) is 0 Å². The number of fused-ring (bicyclic) bond motifs is 1. The average molecular weight is 280 g/mol. The van der Waals surface area contributed by atoms with Crippen molar-refractivity contribution in [2.24, 2.45) is 5.92 Å². The quantitative estimate of drug-likeness (QED) is 0.830. The summed E-state index contributed by atoms with van der Waals surface area (Å²) in [7, 11) is 0. The van der Waals surface area contributed by atoms with Crippen LogP contribution >= 0.6 is 15.9 Å². The van der Waals surface area contributed by atoms with Crippen molar-refractivity contribution in [1.82, 2.24) is 9.97 Å². The van der Waals surface area contributed by atoms with E-state index in [-0.39, 0.29) is 0 Å². The Hall–Kier alpha value is -1.03. The number of rotatable bonds is 2. The second-order valence-electron chi connectivity index (χ2n) is 4.58. The van der Waals surface area contributed by atoms with Crippen LogP contribution in [0.3, 0.4) is 0 Å². The lowest BCUT2D eigenvalue weighted by molar-refractivity contribution is 0.310. The number of hydrogen-bond donors (Lipinski definition) is 2. The maximum absolute atomic E-state index is 5.94. The Morgan fingerprint density at radius 1 is 1.44 bits per heavy atom. The number of nitrogens with one attached hydrogen (secondary N) is 1. The molecule has 0 amide bonds. The van der Waals surface area contributed by atoms with Crippen LogP contribution in [0.15, 0.2) is 16.6 Å². The number of benzene rings is 1. The molecule has 2 aromatic rings. The van der Waals surface area contributed by atoms with Gasteiger partial charge in [0.2, 0.25) is 0 Å². The van der Waals surface area contributed by atoms with Crippen LogP contribution in [-0.4, -0.2) is 9.97 Å². The van der Waals surface area contributed by atoms with Crippen LogP contribution in [0.1, 0.15) is 25.1 Å². The molecule has 1 aromatic heterocycles. The summed E-state index contributed by atoms with van der Waals surface area (Å²) in [4.78, 5) is 7.93. The highest BCUT2D eigenvalue weighted by Gasteiger charge is 2.19. The summed E-state index contributed by atoms with van der Waals surface area (Å²) in [5.41, 5.74) is 8.60. The molecule has 1 saturated carbocycles. The Morgan fingerprint density at radius 3 is 2.94 bits per heavy atom. The van der Waals surface area contributed by atoms with E-state index in [2.05, 4.69) is 25.9 Å². The van der Waals surface area contributed by atoms with Crippen LogP contribution in [0.5, 0.6) is 0 Å². The van der Waals surface area contributed by atoms with E-state index in [4.69, 9.17) is 5.73 Å². The highest BCUT2D eigenvalue weighted by Crippen LogP contribution is 2.30. The van der Waals surface area contributed by atoms with Gasteiger partial charge in [-0.2, -0.15) is 0 Å². The van der Waals surface area contributed by atoms with Crippen LogP contribution in [0, 0.1) is 5.92 Å². The number of nitrogens with zero attached hydrogens (tertiary/aromatic N) is 1. The maximum atomic E-state index is 5.94. The molecule has 0 atom stereocenters. The molecule has 0 radical (unpaired) electrons. The normalized spacial score (nSPS) is 16.6. The Labute approximate surface area is 103 Å². The lowest BCUT2D eigenvalue weighted by Crippen LogP contribution is -2.14. The van der Waals surface area contributed by atoms with Crippen LogP contribution < -0.4 is 5.73 Å². The monoisotopic (exact) mass is 279 g/mol. The summed E-state index contributed by atoms with van der Waals surface area (Å²) in [6.45, 7) is 0. The number of anilines is 1. The third-order valence-electron chi connectivity index (χ3n) is 3.34. The van der Waals surface area contributed by atoms with E-state index >= 15 is 0 Å². The molecule has 1 heterocycles. The SMILES string of the molecule is Nc1cc(Br)cc2[nH]c(CC3CCC3)nc12.